The fourth-order valence-electron chi connectivity index (χ4n) is 7.11. The fourth-order valence-corrected chi connectivity index (χ4v) is 7.11. The molecule has 0 bridgehead atoms. The topological polar surface area (TPSA) is 173 Å². The number of ether oxygens (including phenoxy) is 2. The predicted molar refractivity (Wildman–Crippen MR) is 237 cm³/mol. The Bertz CT molecular complexity index is 2590. The van der Waals surface area contributed by atoms with Gasteiger partial charge in [-0.05, 0) is 77.9 Å². The van der Waals surface area contributed by atoms with E-state index in [9.17, 15) is 28.8 Å². The van der Waals surface area contributed by atoms with Gasteiger partial charge in [0.25, 0.3) is 0 Å². The highest BCUT2D eigenvalue weighted by Crippen LogP contribution is 2.23. The van der Waals surface area contributed by atoms with E-state index in [-0.39, 0.29) is 24.3 Å². The zero-order valence-corrected chi connectivity index (χ0v) is 35.2. The summed E-state index contributed by atoms with van der Waals surface area (Å²) in [5.74, 6) is -1.19. The van der Waals surface area contributed by atoms with Gasteiger partial charge in [0.05, 0.1) is 25.3 Å². The number of fused-ring (bicyclic) bond motifs is 1. The molecule has 0 radical (unpaired) electrons. The molecule has 0 fully saturated rings. The highest BCUT2D eigenvalue weighted by Gasteiger charge is 2.29. The molecule has 15 nitrogen and oxygen atoms in total. The van der Waals surface area contributed by atoms with Crippen LogP contribution in [0.3, 0.4) is 0 Å². The number of aromatic nitrogens is 2. The fraction of sp³-hybridized carbons (Fsp3) is 0.234. The van der Waals surface area contributed by atoms with E-state index in [1.165, 1.54) is 31.9 Å². The van der Waals surface area contributed by atoms with Crippen LogP contribution in [-0.4, -0.2) is 79.1 Å². The molecule has 6 aromatic rings. The SMILES string of the molecule is COc1ccc(N(C)C(=O)[C@H](Cc2ccccc2)NC(=O)Cn2c(=O)n(CC(=O)N[C@@H](Cc3ccccc3)C(=O)N(C)c3ccc(OC)cc3)c3cc(NC(C)=O)ccc32)cc1. The van der Waals surface area contributed by atoms with Gasteiger partial charge in [-0.2, -0.15) is 0 Å². The van der Waals surface area contributed by atoms with Crippen LogP contribution in [0.25, 0.3) is 11.0 Å². The Morgan fingerprint density at radius 3 is 1.40 bits per heavy atom. The number of benzene rings is 5. The Labute approximate surface area is 358 Å². The van der Waals surface area contributed by atoms with Gasteiger partial charge in [-0.15, -0.1) is 0 Å². The Morgan fingerprint density at radius 2 is 1.00 bits per heavy atom. The molecule has 5 amide bonds. The van der Waals surface area contributed by atoms with Gasteiger partial charge in [-0.1, -0.05) is 60.7 Å². The van der Waals surface area contributed by atoms with Crippen molar-refractivity contribution in [2.24, 2.45) is 0 Å². The minimum absolute atomic E-state index is 0.159. The Balaban J connectivity index is 1.28. The molecule has 3 N–H and O–H groups in total. The predicted octanol–water partition coefficient (Wildman–Crippen LogP) is 4.56. The maximum Gasteiger partial charge on any atom is 0.330 e. The number of anilines is 3. The number of hydrogen-bond donors (Lipinski definition) is 3. The van der Waals surface area contributed by atoms with Crippen molar-refractivity contribution in [1.82, 2.24) is 19.8 Å². The number of hydrogen-bond acceptors (Lipinski definition) is 8. The third-order valence-corrected chi connectivity index (χ3v) is 10.4. The molecule has 6 rings (SSSR count). The molecule has 0 aliphatic carbocycles. The van der Waals surface area contributed by atoms with Crippen LogP contribution in [-0.2, 0) is 49.9 Å². The third kappa shape index (κ3) is 10.7. The summed E-state index contributed by atoms with van der Waals surface area (Å²) in [5, 5.41) is 8.39. The number of nitrogens with zero attached hydrogens (tertiary/aromatic N) is 4. The van der Waals surface area contributed by atoms with Crippen molar-refractivity contribution < 1.29 is 33.4 Å². The van der Waals surface area contributed by atoms with Gasteiger partial charge >= 0.3 is 5.69 Å². The highest BCUT2D eigenvalue weighted by atomic mass is 16.5. The van der Waals surface area contributed by atoms with Gasteiger partial charge in [0.2, 0.25) is 29.5 Å². The second-order valence-corrected chi connectivity index (χ2v) is 14.6. The zero-order chi connectivity index (χ0) is 44.3. The molecule has 1 heterocycles. The second kappa shape index (κ2) is 20.1. The van der Waals surface area contributed by atoms with Gasteiger partial charge in [-0.3, -0.25) is 33.1 Å². The lowest BCUT2D eigenvalue weighted by Gasteiger charge is -2.25. The van der Waals surface area contributed by atoms with E-state index in [1.54, 1.807) is 89.0 Å². The molecular weight excluding hydrogens is 791 g/mol. The van der Waals surface area contributed by atoms with Crippen LogP contribution in [0.4, 0.5) is 17.1 Å². The largest absolute Gasteiger partial charge is 0.497 e. The van der Waals surface area contributed by atoms with E-state index >= 15 is 0 Å². The molecule has 0 unspecified atom stereocenters. The first-order valence-corrected chi connectivity index (χ1v) is 19.9. The number of likely N-dealkylation sites (N-methyl/N-ethyl adjacent to an activating group) is 2. The van der Waals surface area contributed by atoms with Crippen molar-refractivity contribution >= 4 is 57.6 Å². The van der Waals surface area contributed by atoms with E-state index in [1.807, 2.05) is 60.7 Å². The molecule has 15 heteroatoms. The molecular formula is C47H49N7O8. The molecule has 0 saturated carbocycles. The first-order valence-electron chi connectivity index (χ1n) is 19.9. The lowest BCUT2D eigenvalue weighted by atomic mass is 10.0. The van der Waals surface area contributed by atoms with Crippen LogP contribution in [0.15, 0.2) is 132 Å². The van der Waals surface area contributed by atoms with E-state index in [0.29, 0.717) is 34.1 Å². The molecule has 0 saturated heterocycles. The standard InChI is InChI=1S/C47H49N7O8/c1-31(55)48-34-16-25-41-42(28-34)54(30-44(57)50-40(27-33-14-10-7-11-15-33)46(59)52(3)36-19-23-38(62-5)24-20-36)47(60)53(41)29-43(56)49-39(26-32-12-8-6-9-13-32)45(58)51(2)35-17-21-37(61-4)22-18-35/h6-25,28,39-40H,26-27,29-30H2,1-5H3,(H,48,55)(H,49,56)(H,50,57)/t39-,40-/m0/s1. The van der Waals surface area contributed by atoms with E-state index in [0.717, 1.165) is 11.1 Å². The number of rotatable bonds is 17. The van der Waals surface area contributed by atoms with Crippen LogP contribution in [0.2, 0.25) is 0 Å². The molecule has 1 aromatic heterocycles. The Kier molecular flexibility index (Phi) is 14.2. The van der Waals surface area contributed by atoms with Crippen molar-refractivity contribution in [2.75, 3.05) is 43.4 Å². The van der Waals surface area contributed by atoms with Crippen molar-refractivity contribution in [3.63, 3.8) is 0 Å². The summed E-state index contributed by atoms with van der Waals surface area (Å²) in [6.07, 6.45) is 0.325. The quantitative estimate of drug-likeness (QED) is 0.120. The maximum absolute atomic E-state index is 14.3. The minimum atomic E-state index is -1.03. The molecule has 2 atom stereocenters. The molecule has 0 spiro atoms. The van der Waals surface area contributed by atoms with Crippen LogP contribution >= 0.6 is 0 Å². The summed E-state index contributed by atoms with van der Waals surface area (Å²) in [6, 6.07) is 34.9. The zero-order valence-electron chi connectivity index (χ0n) is 35.2. The number of imidazole rings is 1. The van der Waals surface area contributed by atoms with Gasteiger partial charge in [0, 0.05) is 50.9 Å². The summed E-state index contributed by atoms with van der Waals surface area (Å²) >= 11 is 0. The summed E-state index contributed by atoms with van der Waals surface area (Å²) in [6.45, 7) is 0.308. The van der Waals surface area contributed by atoms with Gasteiger partial charge < -0.3 is 35.2 Å². The van der Waals surface area contributed by atoms with Gasteiger partial charge in [-0.25, -0.2) is 4.79 Å². The summed E-state index contributed by atoms with van der Waals surface area (Å²) in [4.78, 5) is 85.2. The van der Waals surface area contributed by atoms with Gasteiger partial charge in [0.15, 0.2) is 0 Å². The smallest absolute Gasteiger partial charge is 0.330 e. The van der Waals surface area contributed by atoms with E-state index in [2.05, 4.69) is 16.0 Å². The molecule has 320 valence electrons. The monoisotopic (exact) mass is 839 g/mol. The molecule has 62 heavy (non-hydrogen) atoms. The molecule has 5 aromatic carbocycles. The van der Waals surface area contributed by atoms with Crippen LogP contribution in [0, 0.1) is 0 Å². The lowest BCUT2D eigenvalue weighted by molar-refractivity contribution is -0.128. The van der Waals surface area contributed by atoms with Crippen molar-refractivity contribution in [1.29, 1.82) is 0 Å². The molecule has 0 aliphatic rings. The minimum Gasteiger partial charge on any atom is -0.497 e. The Morgan fingerprint density at radius 1 is 0.581 bits per heavy atom. The second-order valence-electron chi connectivity index (χ2n) is 14.6. The van der Waals surface area contributed by atoms with Crippen LogP contribution < -0.4 is 40.9 Å². The number of amides is 5. The van der Waals surface area contributed by atoms with Gasteiger partial charge in [0.1, 0.15) is 36.7 Å². The average molecular weight is 840 g/mol. The number of methoxy groups -OCH3 is 2. The maximum atomic E-state index is 14.3. The number of carbonyl (C=O) groups is 5. The van der Waals surface area contributed by atoms with Crippen molar-refractivity contribution in [3.8, 4) is 11.5 Å². The van der Waals surface area contributed by atoms with E-state index < -0.39 is 54.5 Å². The number of carbonyl (C=O) groups excluding carboxylic acids is 5. The first kappa shape index (κ1) is 43.9. The first-order chi connectivity index (χ1) is 29.8. The van der Waals surface area contributed by atoms with Crippen LogP contribution in [0.1, 0.15) is 18.1 Å². The van der Waals surface area contributed by atoms with Crippen molar-refractivity contribution in [3.05, 3.63) is 149 Å². The summed E-state index contributed by atoms with van der Waals surface area (Å²) < 4.78 is 12.9. The lowest BCUT2D eigenvalue weighted by Crippen LogP contribution is -2.50. The van der Waals surface area contributed by atoms with Crippen LogP contribution in [0.5, 0.6) is 11.5 Å². The third-order valence-electron chi connectivity index (χ3n) is 10.4. The average Bonchev–Trinajstić information content (AvgIpc) is 3.53. The Hall–Kier alpha value is -7.68. The normalized spacial score (nSPS) is 11.8. The molecule has 0 aliphatic heterocycles. The number of nitrogens with one attached hydrogen (secondary N) is 3. The van der Waals surface area contributed by atoms with Crippen molar-refractivity contribution in [2.45, 2.75) is 44.9 Å². The van der Waals surface area contributed by atoms with E-state index in [4.69, 9.17) is 9.47 Å². The summed E-state index contributed by atoms with van der Waals surface area (Å²) in [7, 11) is 6.31. The summed E-state index contributed by atoms with van der Waals surface area (Å²) in [5.41, 5.74) is 2.96. The highest BCUT2D eigenvalue weighted by molar-refractivity contribution is 6.00.